The molecule has 3 rings (SSSR count). The van der Waals surface area contributed by atoms with Crippen molar-refractivity contribution in [2.45, 2.75) is 31.5 Å². The number of carbonyl (C=O) groups is 1. The van der Waals surface area contributed by atoms with Crippen molar-refractivity contribution in [1.82, 2.24) is 14.9 Å². The second-order valence-electron chi connectivity index (χ2n) is 6.45. The van der Waals surface area contributed by atoms with Gasteiger partial charge in [-0.1, -0.05) is 12.1 Å². The number of ether oxygens (including phenoxy) is 2. The van der Waals surface area contributed by atoms with Crippen LogP contribution in [0.1, 0.15) is 24.0 Å². The van der Waals surface area contributed by atoms with E-state index in [2.05, 4.69) is 9.97 Å². The maximum absolute atomic E-state index is 12.6. The molecule has 0 spiro atoms. The Hall–Kier alpha value is -2.84. The fourth-order valence-electron chi connectivity index (χ4n) is 2.98. The first kappa shape index (κ1) is 19.9. The number of likely N-dealkylation sites (tertiary alicyclic amines) is 1. The summed E-state index contributed by atoms with van der Waals surface area (Å²) in [6.45, 7) is 1.04. The molecule has 0 atom stereocenters. The summed E-state index contributed by atoms with van der Waals surface area (Å²) in [6, 6.07) is 6.56. The smallest absolute Gasteiger partial charge is 0.416 e. The highest BCUT2D eigenvalue weighted by atomic mass is 19.4. The Labute approximate surface area is 160 Å². The van der Waals surface area contributed by atoms with Crippen LogP contribution in [0.2, 0.25) is 0 Å². The Kier molecular flexibility index (Phi) is 6.01. The van der Waals surface area contributed by atoms with Gasteiger partial charge in [0.1, 0.15) is 6.10 Å². The minimum atomic E-state index is -4.38. The normalized spacial score (nSPS) is 15.4. The van der Waals surface area contributed by atoms with Crippen LogP contribution in [0.15, 0.2) is 36.5 Å². The third-order valence-corrected chi connectivity index (χ3v) is 4.51. The van der Waals surface area contributed by atoms with Crippen LogP contribution in [0, 0.1) is 0 Å². The molecule has 2 aromatic rings. The first-order valence-electron chi connectivity index (χ1n) is 8.83. The molecule has 1 aliphatic heterocycles. The first-order valence-corrected chi connectivity index (χ1v) is 8.83. The molecule has 150 valence electrons. The molecule has 9 heteroatoms. The van der Waals surface area contributed by atoms with Gasteiger partial charge in [-0.2, -0.15) is 18.2 Å². The molecule has 28 heavy (non-hydrogen) atoms. The molecule has 0 N–H and O–H groups in total. The van der Waals surface area contributed by atoms with Gasteiger partial charge in [-0.3, -0.25) is 4.79 Å². The van der Waals surface area contributed by atoms with Gasteiger partial charge in [0.2, 0.25) is 11.8 Å². The molecule has 0 radical (unpaired) electrons. The van der Waals surface area contributed by atoms with Crippen LogP contribution in [0.25, 0.3) is 0 Å². The van der Waals surface area contributed by atoms with Crippen molar-refractivity contribution in [3.05, 3.63) is 47.7 Å². The summed E-state index contributed by atoms with van der Waals surface area (Å²) >= 11 is 0. The number of alkyl halides is 3. The zero-order valence-electron chi connectivity index (χ0n) is 15.3. The third-order valence-electron chi connectivity index (χ3n) is 4.51. The molecular weight excluding hydrogens is 375 g/mol. The van der Waals surface area contributed by atoms with E-state index in [1.165, 1.54) is 19.2 Å². The largest absolute Gasteiger partial charge is 0.474 e. The van der Waals surface area contributed by atoms with Crippen LogP contribution in [-0.4, -0.2) is 47.1 Å². The molecule has 1 saturated heterocycles. The van der Waals surface area contributed by atoms with E-state index in [9.17, 15) is 18.0 Å². The highest BCUT2D eigenvalue weighted by molar-refractivity contribution is 5.78. The summed E-state index contributed by atoms with van der Waals surface area (Å²) in [6.07, 6.45) is -1.54. The SMILES string of the molecule is COc1nccc(OC2CCN(C(=O)Cc3ccc(C(F)(F)F)cc3)CC2)n1. The minimum Gasteiger partial charge on any atom is -0.474 e. The van der Waals surface area contributed by atoms with Crippen molar-refractivity contribution in [3.63, 3.8) is 0 Å². The number of carbonyl (C=O) groups excluding carboxylic acids is 1. The van der Waals surface area contributed by atoms with Crippen LogP contribution >= 0.6 is 0 Å². The van der Waals surface area contributed by atoms with E-state index in [0.29, 0.717) is 37.4 Å². The van der Waals surface area contributed by atoms with Crippen molar-refractivity contribution in [3.8, 4) is 11.9 Å². The molecule has 1 aromatic carbocycles. The number of rotatable bonds is 5. The summed E-state index contributed by atoms with van der Waals surface area (Å²) in [5.41, 5.74) is -0.160. The number of nitrogens with zero attached hydrogens (tertiary/aromatic N) is 3. The summed E-state index contributed by atoms with van der Waals surface area (Å²) in [5, 5.41) is 0. The van der Waals surface area contributed by atoms with Crippen molar-refractivity contribution in [1.29, 1.82) is 0 Å². The van der Waals surface area contributed by atoms with E-state index in [-0.39, 0.29) is 24.4 Å². The van der Waals surface area contributed by atoms with Crippen LogP contribution < -0.4 is 9.47 Å². The van der Waals surface area contributed by atoms with E-state index in [1.807, 2.05) is 0 Å². The average Bonchev–Trinajstić information content (AvgIpc) is 2.68. The fraction of sp³-hybridized carbons (Fsp3) is 0.421. The lowest BCUT2D eigenvalue weighted by Gasteiger charge is -2.32. The van der Waals surface area contributed by atoms with Gasteiger partial charge in [0.05, 0.1) is 19.1 Å². The van der Waals surface area contributed by atoms with Crippen LogP contribution in [0.3, 0.4) is 0 Å². The molecule has 0 unspecified atom stereocenters. The minimum absolute atomic E-state index is 0.0743. The van der Waals surface area contributed by atoms with E-state index >= 15 is 0 Å². The van der Waals surface area contributed by atoms with Gasteiger partial charge in [-0.15, -0.1) is 0 Å². The number of aromatic nitrogens is 2. The maximum atomic E-state index is 12.6. The standard InChI is InChI=1S/C19H20F3N3O3/c1-27-18-23-9-6-16(24-18)28-15-7-10-25(11-8-15)17(26)12-13-2-4-14(5-3-13)19(20,21)22/h2-6,9,15H,7-8,10-12H2,1H3. The van der Waals surface area contributed by atoms with Crippen LogP contribution in [0.5, 0.6) is 11.9 Å². The number of hydrogen-bond acceptors (Lipinski definition) is 5. The maximum Gasteiger partial charge on any atom is 0.416 e. The van der Waals surface area contributed by atoms with E-state index in [1.54, 1.807) is 17.2 Å². The molecule has 0 saturated carbocycles. The van der Waals surface area contributed by atoms with Gasteiger partial charge in [-0.05, 0) is 17.7 Å². The second-order valence-corrected chi connectivity index (χ2v) is 6.45. The number of piperidine rings is 1. The van der Waals surface area contributed by atoms with Gasteiger partial charge in [0.25, 0.3) is 0 Å². The lowest BCUT2D eigenvalue weighted by atomic mass is 10.0. The predicted molar refractivity (Wildman–Crippen MR) is 94.0 cm³/mol. The summed E-state index contributed by atoms with van der Waals surface area (Å²) in [7, 11) is 1.47. The van der Waals surface area contributed by atoms with Gasteiger partial charge in [-0.25, -0.2) is 4.98 Å². The lowest BCUT2D eigenvalue weighted by Crippen LogP contribution is -2.42. The Morgan fingerprint density at radius 1 is 1.18 bits per heavy atom. The number of benzene rings is 1. The first-order chi connectivity index (χ1) is 13.3. The monoisotopic (exact) mass is 395 g/mol. The van der Waals surface area contributed by atoms with Gasteiger partial charge >= 0.3 is 12.2 Å². The quantitative estimate of drug-likeness (QED) is 0.778. The van der Waals surface area contributed by atoms with Crippen molar-refractivity contribution in [2.24, 2.45) is 0 Å². The Balaban J connectivity index is 1.49. The van der Waals surface area contributed by atoms with Gasteiger partial charge < -0.3 is 14.4 Å². The topological polar surface area (TPSA) is 64.6 Å². The molecule has 1 aromatic heterocycles. The zero-order chi connectivity index (χ0) is 20.1. The van der Waals surface area contributed by atoms with Crippen LogP contribution in [0.4, 0.5) is 13.2 Å². The number of hydrogen-bond donors (Lipinski definition) is 0. The van der Waals surface area contributed by atoms with E-state index in [0.717, 1.165) is 12.1 Å². The number of methoxy groups -OCH3 is 1. The molecule has 6 nitrogen and oxygen atoms in total. The highest BCUT2D eigenvalue weighted by Crippen LogP contribution is 2.29. The molecule has 1 fully saturated rings. The van der Waals surface area contributed by atoms with Crippen molar-refractivity contribution >= 4 is 5.91 Å². The Bertz CT molecular complexity index is 804. The van der Waals surface area contributed by atoms with E-state index < -0.39 is 11.7 Å². The fourth-order valence-corrected chi connectivity index (χ4v) is 2.98. The Morgan fingerprint density at radius 2 is 1.86 bits per heavy atom. The van der Waals surface area contributed by atoms with Crippen molar-refractivity contribution < 1.29 is 27.4 Å². The molecule has 1 aliphatic rings. The summed E-state index contributed by atoms with van der Waals surface area (Å²) in [5.74, 6) is 0.309. The second kappa shape index (κ2) is 8.45. The van der Waals surface area contributed by atoms with Gasteiger partial charge in [0, 0.05) is 38.2 Å². The van der Waals surface area contributed by atoms with E-state index in [4.69, 9.17) is 9.47 Å². The molecular formula is C19H20F3N3O3. The molecule has 2 heterocycles. The molecule has 0 bridgehead atoms. The zero-order valence-corrected chi connectivity index (χ0v) is 15.3. The number of amides is 1. The lowest BCUT2D eigenvalue weighted by molar-refractivity contribution is -0.137. The van der Waals surface area contributed by atoms with Crippen LogP contribution in [-0.2, 0) is 17.4 Å². The molecule has 1 amide bonds. The summed E-state index contributed by atoms with van der Waals surface area (Å²) < 4.78 is 48.6. The molecule has 0 aliphatic carbocycles. The predicted octanol–water partition coefficient (Wildman–Crippen LogP) is 3.12. The van der Waals surface area contributed by atoms with Gasteiger partial charge in [0.15, 0.2) is 0 Å². The Morgan fingerprint density at radius 3 is 2.46 bits per heavy atom. The average molecular weight is 395 g/mol. The third kappa shape index (κ3) is 5.11. The highest BCUT2D eigenvalue weighted by Gasteiger charge is 2.30. The summed E-state index contributed by atoms with van der Waals surface area (Å²) in [4.78, 5) is 22.1. The number of halogens is 3. The van der Waals surface area contributed by atoms with Crippen molar-refractivity contribution in [2.75, 3.05) is 20.2 Å².